The van der Waals surface area contributed by atoms with Gasteiger partial charge in [-0.25, -0.2) is 4.39 Å². The molecule has 2 aromatic carbocycles. The van der Waals surface area contributed by atoms with Crippen molar-refractivity contribution < 1.29 is 23.5 Å². The Hall–Kier alpha value is -2.68. The first kappa shape index (κ1) is 25.9. The smallest absolute Gasteiger partial charge is 0.174 e. The molecule has 7 heteroatoms. The zero-order valence-electron chi connectivity index (χ0n) is 21.2. The molecule has 0 saturated carbocycles. The minimum Gasteiger partial charge on any atom is -0.490 e. The summed E-state index contributed by atoms with van der Waals surface area (Å²) in [5.41, 5.74) is 5.00. The Balaban J connectivity index is 1.62. The Morgan fingerprint density at radius 3 is 2.19 bits per heavy atom. The highest BCUT2D eigenvalue weighted by Gasteiger charge is 2.43. The molecule has 0 saturated heterocycles. The van der Waals surface area contributed by atoms with E-state index in [-0.39, 0.29) is 24.0 Å². The number of hydrogen-bond acceptors (Lipinski definition) is 5. The van der Waals surface area contributed by atoms with Gasteiger partial charge in [0, 0.05) is 53.4 Å². The number of carbonyl (C=O) groups is 2. The van der Waals surface area contributed by atoms with Crippen LogP contribution in [0.1, 0.15) is 69.4 Å². The summed E-state index contributed by atoms with van der Waals surface area (Å²) < 4.78 is 27.1. The van der Waals surface area contributed by atoms with E-state index >= 15 is 0 Å². The number of allylic oxidation sites excluding steroid dienone is 4. The molecule has 1 aliphatic heterocycles. The van der Waals surface area contributed by atoms with E-state index in [9.17, 15) is 14.0 Å². The summed E-state index contributed by atoms with van der Waals surface area (Å²) >= 11 is 2.21. The fraction of sp³-hybridized carbons (Fsp3) is 0.400. The molecule has 0 aromatic heterocycles. The van der Waals surface area contributed by atoms with Crippen LogP contribution in [0.4, 0.5) is 4.39 Å². The number of rotatable bonds is 7. The molecule has 1 heterocycles. The van der Waals surface area contributed by atoms with Gasteiger partial charge in [-0.3, -0.25) is 9.59 Å². The Kier molecular flexibility index (Phi) is 7.70. The van der Waals surface area contributed by atoms with Crippen LogP contribution >= 0.6 is 22.6 Å². The summed E-state index contributed by atoms with van der Waals surface area (Å²) in [4.78, 5) is 29.0. The van der Waals surface area contributed by atoms with Gasteiger partial charge in [0.05, 0.1) is 10.2 Å². The van der Waals surface area contributed by atoms with Gasteiger partial charge in [0.25, 0.3) is 0 Å². The second-order valence-corrected chi connectivity index (χ2v) is 10.8. The van der Waals surface area contributed by atoms with Crippen LogP contribution in [0.2, 0.25) is 0 Å². The predicted octanol–water partition coefficient (Wildman–Crippen LogP) is 6.84. The predicted molar refractivity (Wildman–Crippen MR) is 148 cm³/mol. The van der Waals surface area contributed by atoms with Gasteiger partial charge < -0.3 is 14.4 Å². The molecule has 5 rings (SSSR count). The highest BCUT2D eigenvalue weighted by atomic mass is 127. The number of halogens is 2. The lowest BCUT2D eigenvalue weighted by Crippen LogP contribution is -2.39. The van der Waals surface area contributed by atoms with Gasteiger partial charge in [0.2, 0.25) is 0 Å². The van der Waals surface area contributed by atoms with E-state index in [0.29, 0.717) is 36.5 Å². The standard InChI is InChI=1S/C30H31FINO4/c1-3-33-22-11-7-13-24(34)28(22)27(29-23(33)12-8-14-25(29)35)19-15-21(32)30(26(16-19)36-4-2)37-17-18-9-5-6-10-20(18)31/h5-6,9-10,15-16,27H,3-4,7-8,11-14,17H2,1-2H3. The molecule has 2 aliphatic carbocycles. The molecule has 0 unspecified atom stereocenters. The SMILES string of the molecule is CCOc1cc(C2C3=C(CCCC3=O)N(CC)C3=C2C(=O)CCC3)cc(I)c1OCc1ccccc1F. The fourth-order valence-corrected chi connectivity index (χ4v) is 6.64. The zero-order valence-corrected chi connectivity index (χ0v) is 23.4. The van der Waals surface area contributed by atoms with Crippen molar-refractivity contribution in [1.82, 2.24) is 4.90 Å². The van der Waals surface area contributed by atoms with Crippen molar-refractivity contribution in [3.63, 3.8) is 0 Å². The van der Waals surface area contributed by atoms with Gasteiger partial charge in [-0.15, -0.1) is 0 Å². The molecular formula is C30H31FINO4. The van der Waals surface area contributed by atoms with Crippen LogP contribution in [-0.2, 0) is 16.2 Å². The van der Waals surface area contributed by atoms with Crippen LogP contribution in [0, 0.1) is 9.39 Å². The van der Waals surface area contributed by atoms with Crippen molar-refractivity contribution in [2.45, 2.75) is 64.9 Å². The highest BCUT2D eigenvalue weighted by molar-refractivity contribution is 14.1. The van der Waals surface area contributed by atoms with E-state index < -0.39 is 5.92 Å². The van der Waals surface area contributed by atoms with E-state index in [1.165, 1.54) is 6.07 Å². The molecule has 3 aliphatic rings. The third kappa shape index (κ3) is 4.82. The Morgan fingerprint density at radius 2 is 1.59 bits per heavy atom. The maximum Gasteiger partial charge on any atom is 0.174 e. The Labute approximate surface area is 230 Å². The molecule has 0 spiro atoms. The van der Waals surface area contributed by atoms with Crippen molar-refractivity contribution in [2.75, 3.05) is 13.2 Å². The van der Waals surface area contributed by atoms with E-state index in [0.717, 1.165) is 63.9 Å². The Morgan fingerprint density at radius 1 is 0.946 bits per heavy atom. The number of hydrogen-bond donors (Lipinski definition) is 0. The largest absolute Gasteiger partial charge is 0.490 e. The molecule has 0 amide bonds. The molecule has 37 heavy (non-hydrogen) atoms. The van der Waals surface area contributed by atoms with Crippen molar-refractivity contribution in [2.24, 2.45) is 0 Å². The summed E-state index contributed by atoms with van der Waals surface area (Å²) in [7, 11) is 0. The number of benzene rings is 2. The number of ether oxygens (including phenoxy) is 2. The molecular weight excluding hydrogens is 584 g/mol. The summed E-state index contributed by atoms with van der Waals surface area (Å²) in [6.45, 7) is 5.22. The minimum absolute atomic E-state index is 0.0680. The van der Waals surface area contributed by atoms with E-state index in [1.807, 2.05) is 19.1 Å². The van der Waals surface area contributed by atoms with Crippen LogP contribution in [0.5, 0.6) is 11.5 Å². The van der Waals surface area contributed by atoms with Crippen molar-refractivity contribution in [3.05, 3.63) is 79.5 Å². The molecule has 0 fully saturated rings. The fourth-order valence-electron chi connectivity index (χ4n) is 5.85. The quantitative estimate of drug-likeness (QED) is 0.320. The lowest BCUT2D eigenvalue weighted by molar-refractivity contribution is -0.117. The average Bonchev–Trinajstić information content (AvgIpc) is 2.88. The molecule has 0 bridgehead atoms. The van der Waals surface area contributed by atoms with Crippen LogP contribution in [-0.4, -0.2) is 29.6 Å². The summed E-state index contributed by atoms with van der Waals surface area (Å²) in [5, 5.41) is 0. The van der Waals surface area contributed by atoms with E-state index in [1.54, 1.807) is 18.2 Å². The number of ketones is 2. The van der Waals surface area contributed by atoms with Gasteiger partial charge in [-0.05, 0) is 85.9 Å². The molecule has 0 N–H and O–H groups in total. The zero-order chi connectivity index (χ0) is 26.1. The van der Waals surface area contributed by atoms with Gasteiger partial charge in [-0.2, -0.15) is 0 Å². The summed E-state index contributed by atoms with van der Waals surface area (Å²) in [5.74, 6) is 0.607. The molecule has 0 radical (unpaired) electrons. The van der Waals surface area contributed by atoms with Crippen molar-refractivity contribution in [3.8, 4) is 11.5 Å². The monoisotopic (exact) mass is 615 g/mol. The summed E-state index contributed by atoms with van der Waals surface area (Å²) in [6, 6.07) is 10.4. The highest BCUT2D eigenvalue weighted by Crippen LogP contribution is 2.50. The topological polar surface area (TPSA) is 55.8 Å². The third-order valence-corrected chi connectivity index (χ3v) is 8.20. The molecule has 0 atom stereocenters. The van der Waals surface area contributed by atoms with Gasteiger partial charge in [-0.1, -0.05) is 18.2 Å². The first-order valence-electron chi connectivity index (χ1n) is 13.1. The Bertz CT molecular complexity index is 1270. The first-order chi connectivity index (χ1) is 17.9. The number of carbonyl (C=O) groups excluding carboxylic acids is 2. The second-order valence-electron chi connectivity index (χ2n) is 9.59. The number of Topliss-reactive ketones (excluding diaryl/α,β-unsaturated/α-hetero) is 2. The van der Waals surface area contributed by atoms with E-state index in [2.05, 4.69) is 34.4 Å². The van der Waals surface area contributed by atoms with Crippen LogP contribution in [0.15, 0.2) is 58.9 Å². The molecule has 5 nitrogen and oxygen atoms in total. The normalized spacial score (nSPS) is 18.2. The van der Waals surface area contributed by atoms with Crippen molar-refractivity contribution in [1.29, 1.82) is 0 Å². The lowest BCUT2D eigenvalue weighted by Gasteiger charge is -2.43. The third-order valence-electron chi connectivity index (χ3n) is 7.40. The van der Waals surface area contributed by atoms with Crippen LogP contribution in [0.3, 0.4) is 0 Å². The maximum atomic E-state index is 14.2. The second kappa shape index (κ2) is 11.0. The maximum absolute atomic E-state index is 14.2. The number of nitrogens with zero attached hydrogens (tertiary/aromatic N) is 1. The first-order valence-corrected chi connectivity index (χ1v) is 14.1. The van der Waals surface area contributed by atoms with Gasteiger partial charge in [0.15, 0.2) is 23.1 Å². The van der Waals surface area contributed by atoms with Crippen molar-refractivity contribution >= 4 is 34.2 Å². The lowest BCUT2D eigenvalue weighted by atomic mass is 9.71. The minimum atomic E-state index is -0.401. The van der Waals surface area contributed by atoms with Crippen LogP contribution in [0.25, 0.3) is 0 Å². The molecule has 2 aromatic rings. The van der Waals surface area contributed by atoms with E-state index in [4.69, 9.17) is 9.47 Å². The molecule has 194 valence electrons. The van der Waals surface area contributed by atoms with Gasteiger partial charge >= 0.3 is 0 Å². The van der Waals surface area contributed by atoms with Gasteiger partial charge in [0.1, 0.15) is 12.4 Å². The van der Waals surface area contributed by atoms with Crippen LogP contribution < -0.4 is 9.47 Å². The summed E-state index contributed by atoms with van der Waals surface area (Å²) in [6.07, 6.45) is 4.36. The average molecular weight is 615 g/mol.